The van der Waals surface area contributed by atoms with Crippen molar-refractivity contribution in [2.75, 3.05) is 11.9 Å². The Balaban J connectivity index is 3.06. The van der Waals surface area contributed by atoms with Gasteiger partial charge in [0, 0.05) is 11.6 Å². The number of hydrogen-bond donors (Lipinski definition) is 2. The van der Waals surface area contributed by atoms with Crippen molar-refractivity contribution in [1.82, 2.24) is 0 Å². The average molecular weight is 324 g/mol. The zero-order chi connectivity index (χ0) is 14.6. The molecule has 3 nitrogen and oxygen atoms in total. The minimum Gasteiger partial charge on any atom is -0.329 e. The van der Waals surface area contributed by atoms with Gasteiger partial charge >= 0.3 is 0 Å². The topological polar surface area (TPSA) is 55.1 Å². The van der Waals surface area contributed by atoms with Crippen molar-refractivity contribution >= 4 is 46.4 Å². The fourth-order valence-corrected chi connectivity index (χ4v) is 2.77. The largest absolute Gasteiger partial charge is 0.329 e. The second-order valence-corrected chi connectivity index (χ2v) is 5.64. The second-order valence-electron chi connectivity index (χ2n) is 4.39. The zero-order valence-electron chi connectivity index (χ0n) is 10.9. The molecular weight excluding hydrogens is 307 g/mol. The number of benzene rings is 1. The number of carbonyl (C=O) groups excluding carboxylic acids is 1. The smallest absolute Gasteiger partial charge is 0.231 e. The van der Waals surface area contributed by atoms with Gasteiger partial charge in [-0.3, -0.25) is 4.79 Å². The summed E-state index contributed by atoms with van der Waals surface area (Å²) in [5, 5.41) is 3.80. The molecule has 0 fully saturated rings. The van der Waals surface area contributed by atoms with E-state index >= 15 is 0 Å². The molecule has 0 spiro atoms. The van der Waals surface area contributed by atoms with Gasteiger partial charge in [0.15, 0.2) is 0 Å². The standard InChI is InChI=1S/C13H17Cl3N2O/c1-3-13(4-2,7-17)12(19)18-11-9(15)5-8(14)6-10(11)16/h5-6H,3-4,7,17H2,1-2H3,(H,18,19). The van der Waals surface area contributed by atoms with Gasteiger partial charge in [-0.1, -0.05) is 48.7 Å². The molecule has 0 radical (unpaired) electrons. The highest BCUT2D eigenvalue weighted by Gasteiger charge is 2.34. The van der Waals surface area contributed by atoms with Crippen molar-refractivity contribution in [1.29, 1.82) is 0 Å². The van der Waals surface area contributed by atoms with E-state index in [1.54, 1.807) is 0 Å². The minimum atomic E-state index is -0.605. The summed E-state index contributed by atoms with van der Waals surface area (Å²) < 4.78 is 0. The summed E-state index contributed by atoms with van der Waals surface area (Å²) in [5.74, 6) is -0.175. The van der Waals surface area contributed by atoms with Gasteiger partial charge < -0.3 is 11.1 Å². The molecule has 1 rings (SSSR count). The van der Waals surface area contributed by atoms with Crippen molar-refractivity contribution in [2.24, 2.45) is 11.1 Å². The Morgan fingerprint density at radius 2 is 1.68 bits per heavy atom. The van der Waals surface area contributed by atoms with E-state index in [-0.39, 0.29) is 12.5 Å². The molecule has 3 N–H and O–H groups in total. The first kappa shape index (κ1) is 16.6. The van der Waals surface area contributed by atoms with Crippen molar-refractivity contribution in [2.45, 2.75) is 26.7 Å². The van der Waals surface area contributed by atoms with Crippen LogP contribution >= 0.6 is 34.8 Å². The van der Waals surface area contributed by atoms with Gasteiger partial charge in [-0.05, 0) is 25.0 Å². The lowest BCUT2D eigenvalue weighted by Gasteiger charge is -2.28. The summed E-state index contributed by atoms with van der Waals surface area (Å²) in [6.45, 7) is 4.14. The summed E-state index contributed by atoms with van der Waals surface area (Å²) in [7, 11) is 0. The number of halogens is 3. The highest BCUT2D eigenvalue weighted by molar-refractivity contribution is 6.42. The van der Waals surface area contributed by atoms with Crippen LogP contribution < -0.4 is 11.1 Å². The predicted molar refractivity (Wildman–Crippen MR) is 82.2 cm³/mol. The van der Waals surface area contributed by atoms with E-state index in [2.05, 4.69) is 5.32 Å². The first-order valence-corrected chi connectivity index (χ1v) is 7.19. The van der Waals surface area contributed by atoms with Gasteiger partial charge in [-0.2, -0.15) is 0 Å². The van der Waals surface area contributed by atoms with Crippen LogP contribution in [0.1, 0.15) is 26.7 Å². The highest BCUT2D eigenvalue weighted by atomic mass is 35.5. The van der Waals surface area contributed by atoms with Crippen LogP contribution in [-0.2, 0) is 4.79 Å². The number of nitrogens with one attached hydrogen (secondary N) is 1. The molecule has 1 amide bonds. The van der Waals surface area contributed by atoms with Crippen molar-refractivity contribution < 1.29 is 4.79 Å². The lowest BCUT2D eigenvalue weighted by molar-refractivity contribution is -0.125. The Morgan fingerprint density at radius 3 is 2.05 bits per heavy atom. The maximum Gasteiger partial charge on any atom is 0.231 e. The number of carbonyl (C=O) groups is 1. The van der Waals surface area contributed by atoms with Crippen LogP contribution in [0, 0.1) is 5.41 Å². The van der Waals surface area contributed by atoms with E-state index in [0.29, 0.717) is 33.6 Å². The third-order valence-electron chi connectivity index (χ3n) is 3.47. The Labute approximate surface area is 128 Å². The molecule has 0 heterocycles. The lowest BCUT2D eigenvalue weighted by Crippen LogP contribution is -2.41. The van der Waals surface area contributed by atoms with E-state index in [1.807, 2.05) is 13.8 Å². The van der Waals surface area contributed by atoms with Crippen LogP contribution in [0.15, 0.2) is 12.1 Å². The van der Waals surface area contributed by atoms with Crippen LogP contribution in [0.2, 0.25) is 15.1 Å². The van der Waals surface area contributed by atoms with Crippen molar-refractivity contribution in [3.63, 3.8) is 0 Å². The maximum atomic E-state index is 12.4. The molecule has 0 saturated heterocycles. The van der Waals surface area contributed by atoms with Gasteiger partial charge in [0.05, 0.1) is 21.1 Å². The average Bonchev–Trinajstić information content (AvgIpc) is 2.36. The highest BCUT2D eigenvalue weighted by Crippen LogP contribution is 2.35. The fraction of sp³-hybridized carbons (Fsp3) is 0.462. The quantitative estimate of drug-likeness (QED) is 0.846. The number of hydrogen-bond acceptors (Lipinski definition) is 2. The predicted octanol–water partition coefficient (Wildman–Crippen LogP) is 4.35. The second kappa shape index (κ2) is 6.80. The van der Waals surface area contributed by atoms with E-state index < -0.39 is 5.41 Å². The molecule has 0 atom stereocenters. The SMILES string of the molecule is CCC(CC)(CN)C(=O)Nc1c(Cl)cc(Cl)cc1Cl. The zero-order valence-corrected chi connectivity index (χ0v) is 13.2. The molecule has 0 aromatic heterocycles. The summed E-state index contributed by atoms with van der Waals surface area (Å²) in [5.41, 5.74) is 5.50. The monoisotopic (exact) mass is 322 g/mol. The molecule has 19 heavy (non-hydrogen) atoms. The Morgan fingerprint density at radius 1 is 1.21 bits per heavy atom. The summed E-state index contributed by atoms with van der Waals surface area (Å²) in [6, 6.07) is 3.07. The number of anilines is 1. The fourth-order valence-electron chi connectivity index (χ4n) is 1.86. The number of nitrogens with two attached hydrogens (primary N) is 1. The lowest BCUT2D eigenvalue weighted by atomic mass is 9.81. The third kappa shape index (κ3) is 3.54. The van der Waals surface area contributed by atoms with Gasteiger partial charge in [0.1, 0.15) is 0 Å². The molecule has 106 valence electrons. The van der Waals surface area contributed by atoms with E-state index in [0.717, 1.165) is 0 Å². The van der Waals surface area contributed by atoms with Crippen molar-refractivity contribution in [3.05, 3.63) is 27.2 Å². The molecule has 0 bridgehead atoms. The number of rotatable bonds is 5. The molecule has 1 aromatic carbocycles. The van der Waals surface area contributed by atoms with Crippen LogP contribution in [0.4, 0.5) is 5.69 Å². The molecule has 0 aliphatic heterocycles. The van der Waals surface area contributed by atoms with E-state index in [1.165, 1.54) is 12.1 Å². The normalized spacial score (nSPS) is 11.5. The molecule has 0 unspecified atom stereocenters. The van der Waals surface area contributed by atoms with E-state index in [9.17, 15) is 4.79 Å². The Bertz CT molecular complexity index is 442. The molecule has 1 aromatic rings. The maximum absolute atomic E-state index is 12.4. The molecule has 6 heteroatoms. The summed E-state index contributed by atoms with van der Waals surface area (Å²) >= 11 is 17.9. The van der Waals surface area contributed by atoms with E-state index in [4.69, 9.17) is 40.5 Å². The van der Waals surface area contributed by atoms with Crippen LogP contribution in [0.5, 0.6) is 0 Å². The van der Waals surface area contributed by atoms with Crippen LogP contribution in [0.25, 0.3) is 0 Å². The van der Waals surface area contributed by atoms with Gasteiger partial charge in [0.2, 0.25) is 5.91 Å². The molecule has 0 aliphatic carbocycles. The first-order valence-electron chi connectivity index (χ1n) is 6.06. The third-order valence-corrected chi connectivity index (χ3v) is 4.29. The van der Waals surface area contributed by atoms with Crippen LogP contribution in [-0.4, -0.2) is 12.5 Å². The Kier molecular flexibility index (Phi) is 5.93. The molecular formula is C13H17Cl3N2O. The number of amides is 1. The van der Waals surface area contributed by atoms with Gasteiger partial charge in [0.25, 0.3) is 0 Å². The van der Waals surface area contributed by atoms with Crippen LogP contribution in [0.3, 0.4) is 0 Å². The first-order chi connectivity index (χ1) is 8.90. The molecule has 0 saturated carbocycles. The molecule has 0 aliphatic rings. The van der Waals surface area contributed by atoms with Crippen molar-refractivity contribution in [3.8, 4) is 0 Å². The minimum absolute atomic E-state index is 0.175. The summed E-state index contributed by atoms with van der Waals surface area (Å²) in [4.78, 5) is 12.4. The Hall–Kier alpha value is -0.480. The van der Waals surface area contributed by atoms with Gasteiger partial charge in [-0.15, -0.1) is 0 Å². The summed E-state index contributed by atoms with van der Waals surface area (Å²) in [6.07, 6.45) is 1.29. The van der Waals surface area contributed by atoms with Gasteiger partial charge in [-0.25, -0.2) is 0 Å².